The smallest absolute Gasteiger partial charge is 0.198 e. The number of methoxy groups -OCH3 is 1. The zero-order valence-electron chi connectivity index (χ0n) is 12.6. The summed E-state index contributed by atoms with van der Waals surface area (Å²) in [5.74, 6) is 1.51. The third-order valence-electron chi connectivity index (χ3n) is 3.11. The minimum atomic E-state index is 0.613. The van der Waals surface area contributed by atoms with Gasteiger partial charge in [-0.2, -0.15) is 4.37 Å². The normalized spacial score (nSPS) is 11.1. The van der Waals surface area contributed by atoms with Gasteiger partial charge in [0.2, 0.25) is 0 Å². The maximum Gasteiger partial charge on any atom is 0.198 e. The number of benzene rings is 1. The molecule has 0 unspecified atom stereocenters. The van der Waals surface area contributed by atoms with E-state index in [4.69, 9.17) is 16.3 Å². The first kappa shape index (κ1) is 16.4. The summed E-state index contributed by atoms with van der Waals surface area (Å²) >= 11 is 9.02. The van der Waals surface area contributed by atoms with E-state index in [1.807, 2.05) is 35.9 Å². The summed E-state index contributed by atoms with van der Waals surface area (Å²) in [4.78, 5) is 4.47. The molecule has 0 N–H and O–H groups in total. The molecule has 3 rings (SSSR count). The van der Waals surface area contributed by atoms with Gasteiger partial charge in [-0.1, -0.05) is 23.7 Å². The highest BCUT2D eigenvalue weighted by molar-refractivity contribution is 8.00. The molecule has 23 heavy (non-hydrogen) atoms. The molecule has 3 aromatic rings. The van der Waals surface area contributed by atoms with Crippen LogP contribution >= 0.6 is 34.9 Å². The van der Waals surface area contributed by atoms with Crippen LogP contribution in [-0.4, -0.2) is 37.8 Å². The molecule has 2 heterocycles. The monoisotopic (exact) mass is 367 g/mol. The fourth-order valence-corrected chi connectivity index (χ4v) is 3.71. The zero-order chi connectivity index (χ0) is 16.2. The highest BCUT2D eigenvalue weighted by Gasteiger charge is 2.16. The van der Waals surface area contributed by atoms with E-state index in [1.165, 1.54) is 23.3 Å². The van der Waals surface area contributed by atoms with Crippen molar-refractivity contribution in [1.82, 2.24) is 24.1 Å². The molecule has 0 atom stereocenters. The van der Waals surface area contributed by atoms with Gasteiger partial charge in [0.1, 0.15) is 5.82 Å². The molecule has 2 aromatic heterocycles. The molecule has 9 heteroatoms. The summed E-state index contributed by atoms with van der Waals surface area (Å²) in [6.45, 7) is 0.613. The van der Waals surface area contributed by atoms with Gasteiger partial charge in [-0.3, -0.25) is 0 Å². The molecule has 0 amide bonds. The van der Waals surface area contributed by atoms with Crippen LogP contribution in [0, 0.1) is 0 Å². The predicted octanol–water partition coefficient (Wildman–Crippen LogP) is 3.33. The first-order valence-corrected chi connectivity index (χ1v) is 8.79. The van der Waals surface area contributed by atoms with Crippen molar-refractivity contribution in [2.75, 3.05) is 13.7 Å². The lowest BCUT2D eigenvalue weighted by Crippen LogP contribution is -1.96. The van der Waals surface area contributed by atoms with Crippen molar-refractivity contribution in [3.8, 4) is 11.4 Å². The Hall–Kier alpha value is -1.48. The Kier molecular flexibility index (Phi) is 5.27. The van der Waals surface area contributed by atoms with E-state index >= 15 is 0 Å². The minimum absolute atomic E-state index is 0.613. The van der Waals surface area contributed by atoms with Crippen molar-refractivity contribution in [3.63, 3.8) is 0 Å². The number of halogens is 1. The molecule has 0 saturated carbocycles. The summed E-state index contributed by atoms with van der Waals surface area (Å²) < 4.78 is 12.1. The maximum atomic E-state index is 6.23. The van der Waals surface area contributed by atoms with Crippen molar-refractivity contribution in [1.29, 1.82) is 0 Å². The largest absolute Gasteiger partial charge is 0.384 e. The average molecular weight is 368 g/mol. The third-order valence-corrected chi connectivity index (χ3v) is 5.26. The lowest BCUT2D eigenvalue weighted by molar-refractivity contribution is 0.200. The molecule has 0 aliphatic rings. The second kappa shape index (κ2) is 7.39. The molecule has 0 spiro atoms. The van der Waals surface area contributed by atoms with Crippen molar-refractivity contribution in [3.05, 3.63) is 35.1 Å². The first-order chi connectivity index (χ1) is 11.2. The Balaban J connectivity index is 1.80. The van der Waals surface area contributed by atoms with Gasteiger partial charge in [0.15, 0.2) is 15.3 Å². The fraction of sp³-hybridized carbons (Fsp3) is 0.286. The summed E-state index contributed by atoms with van der Waals surface area (Å²) in [5, 5.41) is 9.87. The van der Waals surface area contributed by atoms with Crippen LogP contribution in [0.4, 0.5) is 0 Å². The summed E-state index contributed by atoms with van der Waals surface area (Å²) in [5.41, 5.74) is 0.856. The molecular weight excluding hydrogens is 354 g/mol. The molecular formula is C14H14ClN5OS2. The van der Waals surface area contributed by atoms with Gasteiger partial charge < -0.3 is 9.30 Å². The van der Waals surface area contributed by atoms with Gasteiger partial charge in [0.25, 0.3) is 0 Å². The van der Waals surface area contributed by atoms with Crippen LogP contribution < -0.4 is 0 Å². The van der Waals surface area contributed by atoms with E-state index in [0.717, 1.165) is 26.7 Å². The van der Waals surface area contributed by atoms with E-state index in [9.17, 15) is 0 Å². The average Bonchev–Trinajstić information content (AvgIpc) is 3.14. The number of nitrogens with zero attached hydrogens (tertiary/aromatic N) is 5. The fourth-order valence-electron chi connectivity index (χ4n) is 1.93. The predicted molar refractivity (Wildman–Crippen MR) is 91.1 cm³/mol. The lowest BCUT2D eigenvalue weighted by Gasteiger charge is -2.04. The Labute approximate surface area is 147 Å². The van der Waals surface area contributed by atoms with E-state index in [0.29, 0.717) is 18.1 Å². The Morgan fingerprint density at radius 3 is 2.91 bits per heavy atom. The van der Waals surface area contributed by atoms with Crippen molar-refractivity contribution >= 4 is 34.9 Å². The molecule has 0 aliphatic carbocycles. The molecule has 0 saturated heterocycles. The Morgan fingerprint density at radius 1 is 1.30 bits per heavy atom. The van der Waals surface area contributed by atoms with Gasteiger partial charge in [-0.05, 0) is 35.4 Å². The molecule has 0 radical (unpaired) electrons. The second-order valence-corrected chi connectivity index (χ2v) is 7.04. The quantitative estimate of drug-likeness (QED) is 0.665. The SMILES string of the molecule is COCCc1nsc(Sc2nnc(-c3ccccc3Cl)n2C)n1. The van der Waals surface area contributed by atoms with Crippen molar-refractivity contribution in [2.45, 2.75) is 15.9 Å². The van der Waals surface area contributed by atoms with Crippen LogP contribution in [0.5, 0.6) is 0 Å². The second-order valence-electron chi connectivity index (χ2n) is 4.67. The molecule has 0 bridgehead atoms. The van der Waals surface area contributed by atoms with Gasteiger partial charge in [-0.25, -0.2) is 4.98 Å². The summed E-state index contributed by atoms with van der Waals surface area (Å²) in [6, 6.07) is 7.58. The summed E-state index contributed by atoms with van der Waals surface area (Å²) in [7, 11) is 3.58. The number of ether oxygens (including phenoxy) is 1. The van der Waals surface area contributed by atoms with E-state index in [1.54, 1.807) is 7.11 Å². The van der Waals surface area contributed by atoms with Crippen LogP contribution in [0.2, 0.25) is 5.02 Å². The molecule has 0 fully saturated rings. The van der Waals surface area contributed by atoms with Crippen molar-refractivity contribution in [2.24, 2.45) is 7.05 Å². The topological polar surface area (TPSA) is 65.7 Å². The third kappa shape index (κ3) is 3.72. The van der Waals surface area contributed by atoms with Crippen LogP contribution in [0.3, 0.4) is 0 Å². The van der Waals surface area contributed by atoms with Gasteiger partial charge in [0, 0.05) is 26.1 Å². The maximum absolute atomic E-state index is 6.23. The zero-order valence-corrected chi connectivity index (χ0v) is 15.0. The van der Waals surface area contributed by atoms with Crippen LogP contribution in [0.1, 0.15) is 5.82 Å². The highest BCUT2D eigenvalue weighted by Crippen LogP contribution is 2.32. The number of hydrogen-bond donors (Lipinski definition) is 0. The molecule has 120 valence electrons. The Bertz CT molecular complexity index is 804. The highest BCUT2D eigenvalue weighted by atomic mass is 35.5. The van der Waals surface area contributed by atoms with Gasteiger partial charge in [0.05, 0.1) is 11.6 Å². The summed E-state index contributed by atoms with van der Waals surface area (Å²) in [6.07, 6.45) is 0.706. The molecule has 6 nitrogen and oxygen atoms in total. The lowest BCUT2D eigenvalue weighted by atomic mass is 10.2. The number of aromatic nitrogens is 5. The van der Waals surface area contributed by atoms with Crippen LogP contribution in [0.25, 0.3) is 11.4 Å². The molecule has 1 aromatic carbocycles. The van der Waals surface area contributed by atoms with Crippen molar-refractivity contribution < 1.29 is 4.74 Å². The number of rotatable bonds is 6. The van der Waals surface area contributed by atoms with E-state index in [-0.39, 0.29) is 0 Å². The Morgan fingerprint density at radius 2 is 2.13 bits per heavy atom. The van der Waals surface area contributed by atoms with E-state index < -0.39 is 0 Å². The van der Waals surface area contributed by atoms with Crippen LogP contribution in [-0.2, 0) is 18.2 Å². The minimum Gasteiger partial charge on any atom is -0.384 e. The van der Waals surface area contributed by atoms with Gasteiger partial charge >= 0.3 is 0 Å². The van der Waals surface area contributed by atoms with Gasteiger partial charge in [-0.15, -0.1) is 10.2 Å². The standard InChI is InChI=1S/C14H14ClN5OS2/c1-20-12(9-5-3-4-6-10(9)15)17-18-13(20)22-14-16-11(19-23-14)7-8-21-2/h3-6H,7-8H2,1-2H3. The molecule has 0 aliphatic heterocycles. The van der Waals surface area contributed by atoms with Crippen LogP contribution in [0.15, 0.2) is 33.8 Å². The first-order valence-electron chi connectivity index (χ1n) is 6.82. The number of hydrogen-bond acceptors (Lipinski definition) is 7. The van der Waals surface area contributed by atoms with E-state index in [2.05, 4.69) is 19.6 Å².